The molecule has 0 aliphatic heterocycles. The summed E-state index contributed by atoms with van der Waals surface area (Å²) in [6.45, 7) is 4.12. The fourth-order valence-electron chi connectivity index (χ4n) is 2.05. The lowest BCUT2D eigenvalue weighted by molar-refractivity contribution is -0.382. The maximum Gasteiger partial charge on any atom is 0.460 e. The topological polar surface area (TPSA) is 23.8 Å². The van der Waals surface area contributed by atoms with Crippen LogP contribution in [0.2, 0.25) is 0 Å². The maximum absolute atomic E-state index is 14.9. The number of hydrogen-bond donors (Lipinski definition) is 0. The lowest BCUT2D eigenvalue weighted by Gasteiger charge is -2.39. The number of allylic oxidation sites excluding steroid dienone is 1. The van der Waals surface area contributed by atoms with Crippen LogP contribution in [0.5, 0.6) is 0 Å². The largest absolute Gasteiger partial charge is 0.460 e. The molecule has 1 rings (SSSR count). The van der Waals surface area contributed by atoms with E-state index in [1.54, 1.807) is 6.07 Å². The minimum absolute atomic E-state index is 0.109. The predicted molar refractivity (Wildman–Crippen MR) is 69.3 cm³/mol. The van der Waals surface area contributed by atoms with E-state index >= 15 is 0 Å². The number of rotatable bonds is 5. The molecule has 1 unspecified atom stereocenters. The highest BCUT2D eigenvalue weighted by Gasteiger charge is 2.80. The van der Waals surface area contributed by atoms with Gasteiger partial charge in [0.2, 0.25) is 5.67 Å². The van der Waals surface area contributed by atoms with E-state index in [0.717, 1.165) is 19.1 Å². The third-order valence-corrected chi connectivity index (χ3v) is 3.26. The first-order chi connectivity index (χ1) is 10.7. The zero-order chi connectivity index (χ0) is 19.0. The summed E-state index contributed by atoms with van der Waals surface area (Å²) in [5.41, 5.74) is -5.95. The Morgan fingerprint density at radius 3 is 1.75 bits per heavy atom. The molecule has 9 heteroatoms. The van der Waals surface area contributed by atoms with Crippen LogP contribution in [0.25, 0.3) is 0 Å². The minimum Gasteiger partial charge on any atom is -0.231 e. The molecule has 0 aromatic heterocycles. The molecule has 0 N–H and O–H groups in total. The van der Waals surface area contributed by atoms with Crippen molar-refractivity contribution < 1.29 is 35.1 Å². The normalized spacial score (nSPS) is 15.5. The van der Waals surface area contributed by atoms with Crippen molar-refractivity contribution >= 4 is 0 Å². The third-order valence-electron chi connectivity index (χ3n) is 3.26. The number of benzene rings is 1. The van der Waals surface area contributed by atoms with Gasteiger partial charge in [-0.3, -0.25) is 0 Å². The molecule has 24 heavy (non-hydrogen) atoms. The molecule has 132 valence electrons. The summed E-state index contributed by atoms with van der Waals surface area (Å²) in [5, 5.41) is 8.60. The van der Waals surface area contributed by atoms with Crippen molar-refractivity contribution in [2.45, 2.75) is 37.0 Å². The second kappa shape index (κ2) is 6.07. The molecule has 0 aliphatic carbocycles. The van der Waals surface area contributed by atoms with Crippen molar-refractivity contribution in [3.63, 3.8) is 0 Å². The Morgan fingerprint density at radius 2 is 1.42 bits per heavy atom. The number of nitrogens with zero attached hydrogens (tertiary/aromatic N) is 1. The van der Waals surface area contributed by atoms with Gasteiger partial charge >= 0.3 is 18.0 Å². The Bertz CT molecular complexity index is 654. The molecular weight excluding hydrogens is 346 g/mol. The lowest BCUT2D eigenvalue weighted by atomic mass is 9.80. The standard InChI is InChI=1S/C15H11F8N/c1-9(2)7-12(16,11-5-3-10(8-24)4-6-11)13(17,18)14(19,20)15(21,22)23/h3-6H,1,7H2,2H3. The van der Waals surface area contributed by atoms with Gasteiger partial charge in [0.25, 0.3) is 0 Å². The Hall–Kier alpha value is -2.11. The van der Waals surface area contributed by atoms with Crippen LogP contribution >= 0.6 is 0 Å². The number of alkyl halides is 8. The van der Waals surface area contributed by atoms with Crippen molar-refractivity contribution in [1.29, 1.82) is 5.26 Å². The minimum atomic E-state index is -6.66. The first-order valence-electron chi connectivity index (χ1n) is 6.37. The van der Waals surface area contributed by atoms with Crippen LogP contribution < -0.4 is 0 Å². The molecule has 0 amide bonds. The smallest absolute Gasteiger partial charge is 0.231 e. The van der Waals surface area contributed by atoms with E-state index in [0.29, 0.717) is 12.1 Å². The molecule has 0 aliphatic rings. The summed E-state index contributed by atoms with van der Waals surface area (Å²) in [4.78, 5) is 0. The zero-order valence-corrected chi connectivity index (χ0v) is 12.2. The molecule has 0 radical (unpaired) electrons. The summed E-state index contributed by atoms with van der Waals surface area (Å²) >= 11 is 0. The highest BCUT2D eigenvalue weighted by atomic mass is 19.4. The molecule has 0 saturated heterocycles. The van der Waals surface area contributed by atoms with Crippen molar-refractivity contribution in [3.8, 4) is 6.07 Å². The van der Waals surface area contributed by atoms with Gasteiger partial charge in [-0.1, -0.05) is 17.7 Å². The highest BCUT2D eigenvalue weighted by Crippen LogP contribution is 2.57. The van der Waals surface area contributed by atoms with E-state index in [9.17, 15) is 35.1 Å². The van der Waals surface area contributed by atoms with Crippen LogP contribution in [-0.2, 0) is 5.67 Å². The Labute approximate surface area is 132 Å². The quantitative estimate of drug-likeness (QED) is 0.503. The van der Waals surface area contributed by atoms with E-state index in [1.165, 1.54) is 0 Å². The van der Waals surface area contributed by atoms with Crippen LogP contribution in [0, 0.1) is 11.3 Å². The molecule has 1 aromatic rings. The van der Waals surface area contributed by atoms with Gasteiger partial charge in [-0.25, -0.2) is 4.39 Å². The van der Waals surface area contributed by atoms with E-state index in [4.69, 9.17) is 5.26 Å². The van der Waals surface area contributed by atoms with Crippen molar-refractivity contribution in [1.82, 2.24) is 0 Å². The monoisotopic (exact) mass is 357 g/mol. The average Bonchev–Trinajstić information content (AvgIpc) is 2.45. The molecule has 0 spiro atoms. The first-order valence-corrected chi connectivity index (χ1v) is 6.37. The van der Waals surface area contributed by atoms with Gasteiger partial charge in [-0.15, -0.1) is 6.58 Å². The van der Waals surface area contributed by atoms with Crippen LogP contribution in [-0.4, -0.2) is 18.0 Å². The van der Waals surface area contributed by atoms with E-state index in [2.05, 4.69) is 6.58 Å². The van der Waals surface area contributed by atoms with Crippen LogP contribution in [0.3, 0.4) is 0 Å². The maximum atomic E-state index is 14.9. The molecule has 0 bridgehead atoms. The van der Waals surface area contributed by atoms with Crippen molar-refractivity contribution in [2.24, 2.45) is 0 Å². The Morgan fingerprint density at radius 1 is 0.958 bits per heavy atom. The van der Waals surface area contributed by atoms with E-state index in [1.807, 2.05) is 0 Å². The number of halogens is 8. The average molecular weight is 357 g/mol. The van der Waals surface area contributed by atoms with Gasteiger partial charge in [0.05, 0.1) is 11.6 Å². The molecule has 1 atom stereocenters. The first kappa shape index (κ1) is 19.9. The van der Waals surface area contributed by atoms with Gasteiger partial charge < -0.3 is 0 Å². The van der Waals surface area contributed by atoms with Crippen LogP contribution in [0.1, 0.15) is 24.5 Å². The predicted octanol–water partition coefficient (Wildman–Crippen LogP) is 5.52. The number of nitriles is 1. The highest BCUT2D eigenvalue weighted by molar-refractivity contribution is 5.36. The summed E-state index contributed by atoms with van der Waals surface area (Å²) in [6, 6.07) is 4.40. The fourth-order valence-corrected chi connectivity index (χ4v) is 2.05. The lowest BCUT2D eigenvalue weighted by Crippen LogP contribution is -2.61. The SMILES string of the molecule is C=C(C)CC(F)(c1ccc(C#N)cc1)C(F)(F)C(F)(F)C(F)(F)F. The van der Waals surface area contributed by atoms with Crippen LogP contribution in [0.15, 0.2) is 36.4 Å². The van der Waals surface area contributed by atoms with Crippen molar-refractivity contribution in [2.75, 3.05) is 0 Å². The molecule has 1 nitrogen and oxygen atoms in total. The van der Waals surface area contributed by atoms with Gasteiger partial charge in [0.1, 0.15) is 0 Å². The number of hydrogen-bond acceptors (Lipinski definition) is 1. The second-order valence-corrected chi connectivity index (χ2v) is 5.27. The molecule has 0 heterocycles. The second-order valence-electron chi connectivity index (χ2n) is 5.27. The van der Waals surface area contributed by atoms with Gasteiger partial charge in [0, 0.05) is 6.42 Å². The summed E-state index contributed by atoms with van der Waals surface area (Å²) < 4.78 is 107. The van der Waals surface area contributed by atoms with Gasteiger partial charge in [-0.05, 0) is 24.6 Å². The van der Waals surface area contributed by atoms with Gasteiger partial charge in [-0.2, -0.15) is 36.0 Å². The molecular formula is C15H11F8N. The Kier molecular flexibility index (Phi) is 5.04. The summed E-state index contributed by atoms with van der Waals surface area (Å²) in [7, 11) is 0. The molecule has 0 saturated carbocycles. The van der Waals surface area contributed by atoms with E-state index in [-0.39, 0.29) is 11.1 Å². The Balaban J connectivity index is 3.60. The summed E-state index contributed by atoms with van der Waals surface area (Å²) in [5.74, 6) is -12.7. The fraction of sp³-hybridized carbons (Fsp3) is 0.400. The van der Waals surface area contributed by atoms with Crippen molar-refractivity contribution in [3.05, 3.63) is 47.5 Å². The zero-order valence-electron chi connectivity index (χ0n) is 12.2. The van der Waals surface area contributed by atoms with Gasteiger partial charge in [0.15, 0.2) is 0 Å². The third kappa shape index (κ3) is 3.09. The van der Waals surface area contributed by atoms with E-state index < -0.39 is 35.7 Å². The van der Waals surface area contributed by atoms with Crippen LogP contribution in [0.4, 0.5) is 35.1 Å². The summed E-state index contributed by atoms with van der Waals surface area (Å²) in [6.07, 6.45) is -8.12. The molecule has 1 aromatic carbocycles. The molecule has 0 fully saturated rings.